The third-order valence-corrected chi connectivity index (χ3v) is 4.07. The van der Waals surface area contributed by atoms with Gasteiger partial charge in [-0.2, -0.15) is 17.6 Å². The molecule has 0 saturated heterocycles. The lowest BCUT2D eigenvalue weighted by Crippen LogP contribution is -2.52. The Bertz CT molecular complexity index is 538. The van der Waals surface area contributed by atoms with Gasteiger partial charge in [-0.1, -0.05) is 12.5 Å². The Morgan fingerprint density at radius 1 is 1.00 bits per heavy atom. The number of hydrogen-bond donors (Lipinski definition) is 1. The molecule has 20 heavy (non-hydrogen) atoms. The second-order valence-electron chi connectivity index (χ2n) is 5.24. The van der Waals surface area contributed by atoms with Gasteiger partial charge in [-0.05, 0) is 30.5 Å². The molecular formula is C13H13F4NO2. The van der Waals surface area contributed by atoms with E-state index < -0.39 is 18.0 Å². The summed E-state index contributed by atoms with van der Waals surface area (Å²) in [6, 6.07) is 4.13. The maximum Gasteiger partial charge on any atom is 0.507 e. The van der Waals surface area contributed by atoms with Crippen molar-refractivity contribution in [1.29, 1.82) is 0 Å². The number of alkyl halides is 4. The van der Waals surface area contributed by atoms with Gasteiger partial charge in [0.1, 0.15) is 0 Å². The third kappa shape index (κ3) is 1.76. The minimum absolute atomic E-state index is 0.270. The topological polar surface area (TPSA) is 44.5 Å². The second kappa shape index (κ2) is 4.00. The Kier molecular flexibility index (Phi) is 2.70. The van der Waals surface area contributed by atoms with Crippen LogP contribution < -0.4 is 15.2 Å². The van der Waals surface area contributed by atoms with Gasteiger partial charge in [-0.3, -0.25) is 0 Å². The number of rotatable bonds is 2. The molecule has 0 atom stereocenters. The molecule has 1 aromatic rings. The van der Waals surface area contributed by atoms with Gasteiger partial charge in [0, 0.05) is 12.0 Å². The smallest absolute Gasteiger partial charge is 0.421 e. The predicted octanol–water partition coefficient (Wildman–Crippen LogP) is 3.02. The van der Waals surface area contributed by atoms with Crippen LogP contribution in [0.5, 0.6) is 11.5 Å². The molecule has 3 rings (SSSR count). The minimum Gasteiger partial charge on any atom is -0.421 e. The van der Waals surface area contributed by atoms with Crippen molar-refractivity contribution in [2.45, 2.75) is 36.9 Å². The van der Waals surface area contributed by atoms with E-state index >= 15 is 0 Å². The number of hydrogen-bond acceptors (Lipinski definition) is 3. The first-order chi connectivity index (χ1) is 9.30. The maximum absolute atomic E-state index is 13.1. The molecular weight excluding hydrogens is 278 g/mol. The van der Waals surface area contributed by atoms with Crippen LogP contribution in [-0.2, 0) is 5.41 Å². The lowest BCUT2D eigenvalue weighted by Gasteiger charge is -2.42. The molecule has 1 fully saturated rings. The fraction of sp³-hybridized carbons (Fsp3) is 0.538. The molecule has 1 aromatic carbocycles. The zero-order chi connectivity index (χ0) is 14.6. The molecule has 0 radical (unpaired) electrons. The lowest BCUT2D eigenvalue weighted by atomic mass is 9.64. The number of ether oxygens (including phenoxy) is 2. The van der Waals surface area contributed by atoms with Gasteiger partial charge in [-0.15, -0.1) is 0 Å². The zero-order valence-corrected chi connectivity index (χ0v) is 10.5. The van der Waals surface area contributed by atoms with Crippen LogP contribution in [0.4, 0.5) is 17.6 Å². The van der Waals surface area contributed by atoms with Crippen LogP contribution >= 0.6 is 0 Å². The third-order valence-electron chi connectivity index (χ3n) is 4.07. The molecule has 1 saturated carbocycles. The average molecular weight is 291 g/mol. The largest absolute Gasteiger partial charge is 0.507 e. The fourth-order valence-corrected chi connectivity index (χ4v) is 2.61. The monoisotopic (exact) mass is 291 g/mol. The highest BCUT2D eigenvalue weighted by Crippen LogP contribution is 2.50. The van der Waals surface area contributed by atoms with Crippen molar-refractivity contribution < 1.29 is 27.0 Å². The molecule has 2 N–H and O–H groups in total. The molecule has 1 aliphatic carbocycles. The van der Waals surface area contributed by atoms with Crippen molar-refractivity contribution in [3.8, 4) is 11.5 Å². The molecule has 0 bridgehead atoms. The van der Waals surface area contributed by atoms with Crippen LogP contribution in [0, 0.1) is 0 Å². The van der Waals surface area contributed by atoms with Gasteiger partial charge in [0.05, 0.1) is 0 Å². The molecule has 3 nitrogen and oxygen atoms in total. The fourth-order valence-electron chi connectivity index (χ4n) is 2.61. The van der Waals surface area contributed by atoms with Crippen molar-refractivity contribution in [2.75, 3.05) is 6.54 Å². The normalized spacial score (nSPS) is 24.9. The zero-order valence-electron chi connectivity index (χ0n) is 10.5. The summed E-state index contributed by atoms with van der Waals surface area (Å²) in [5, 5.41) is 0. The summed E-state index contributed by atoms with van der Waals surface area (Å²) < 4.78 is 60.5. The molecule has 0 unspecified atom stereocenters. The van der Waals surface area contributed by atoms with Crippen molar-refractivity contribution in [3.05, 3.63) is 23.8 Å². The Balaban J connectivity index is 1.99. The van der Waals surface area contributed by atoms with Gasteiger partial charge in [-0.25, -0.2) is 0 Å². The number of halogens is 4. The first kappa shape index (κ1) is 13.5. The number of nitrogens with two attached hydrogens (primary N) is 1. The summed E-state index contributed by atoms with van der Waals surface area (Å²) in [6.45, 7) is 0.374. The summed E-state index contributed by atoms with van der Waals surface area (Å²) >= 11 is 0. The van der Waals surface area contributed by atoms with Gasteiger partial charge < -0.3 is 15.2 Å². The van der Waals surface area contributed by atoms with E-state index in [9.17, 15) is 17.6 Å². The summed E-state index contributed by atoms with van der Waals surface area (Å²) in [5.41, 5.74) is 6.18. The quantitative estimate of drug-likeness (QED) is 0.852. The maximum atomic E-state index is 13.1. The molecule has 1 aliphatic heterocycles. The molecule has 2 aliphatic rings. The Labute approximate surface area is 112 Å². The van der Waals surface area contributed by atoms with Crippen LogP contribution in [0.15, 0.2) is 18.2 Å². The molecule has 0 amide bonds. The van der Waals surface area contributed by atoms with Crippen molar-refractivity contribution in [3.63, 3.8) is 0 Å². The predicted molar refractivity (Wildman–Crippen MR) is 62.2 cm³/mol. The van der Waals surface area contributed by atoms with Crippen LogP contribution in [0.2, 0.25) is 0 Å². The van der Waals surface area contributed by atoms with Gasteiger partial charge in [0.25, 0.3) is 0 Å². The number of fused-ring (bicyclic) bond motifs is 1. The van der Waals surface area contributed by atoms with E-state index in [1.54, 1.807) is 6.07 Å². The molecule has 110 valence electrons. The second-order valence-corrected chi connectivity index (χ2v) is 5.24. The average Bonchev–Trinajstić information content (AvgIpc) is 2.29. The van der Waals surface area contributed by atoms with E-state index in [2.05, 4.69) is 9.47 Å². The van der Waals surface area contributed by atoms with E-state index in [0.29, 0.717) is 6.54 Å². The molecule has 7 heteroatoms. The van der Waals surface area contributed by atoms with Gasteiger partial charge >= 0.3 is 12.2 Å². The first-order valence-corrected chi connectivity index (χ1v) is 6.28. The van der Waals surface area contributed by atoms with Crippen LogP contribution in [0.3, 0.4) is 0 Å². The highest BCUT2D eigenvalue weighted by atomic mass is 19.3. The Morgan fingerprint density at radius 2 is 1.60 bits per heavy atom. The Morgan fingerprint density at radius 3 is 2.10 bits per heavy atom. The van der Waals surface area contributed by atoms with E-state index in [0.717, 1.165) is 24.8 Å². The first-order valence-electron chi connectivity index (χ1n) is 6.28. The SMILES string of the molecule is NCC1(c2ccc3c(c2)OC(F)(F)C(F)(F)O3)CCC1. The minimum atomic E-state index is -4.69. The Hall–Kier alpha value is -1.50. The van der Waals surface area contributed by atoms with Crippen LogP contribution in [0.1, 0.15) is 24.8 Å². The summed E-state index contributed by atoms with van der Waals surface area (Å²) in [4.78, 5) is 0. The van der Waals surface area contributed by atoms with E-state index in [4.69, 9.17) is 5.73 Å². The van der Waals surface area contributed by atoms with Gasteiger partial charge in [0.2, 0.25) is 0 Å². The molecule has 0 aromatic heterocycles. The van der Waals surface area contributed by atoms with Crippen molar-refractivity contribution in [1.82, 2.24) is 0 Å². The molecule has 0 spiro atoms. The number of benzene rings is 1. The van der Waals surface area contributed by atoms with Crippen molar-refractivity contribution in [2.24, 2.45) is 5.73 Å². The van der Waals surface area contributed by atoms with Crippen LogP contribution in [0.25, 0.3) is 0 Å². The van der Waals surface area contributed by atoms with E-state index in [1.807, 2.05) is 0 Å². The highest BCUT2D eigenvalue weighted by molar-refractivity contribution is 5.47. The van der Waals surface area contributed by atoms with Gasteiger partial charge in [0.15, 0.2) is 11.5 Å². The summed E-state index contributed by atoms with van der Waals surface area (Å²) in [7, 11) is 0. The van der Waals surface area contributed by atoms with Crippen LogP contribution in [-0.4, -0.2) is 18.8 Å². The standard InChI is InChI=1S/C13H13F4NO2/c14-12(15)13(16,17)20-10-6-8(2-3-9(10)19-12)11(7-18)4-1-5-11/h2-3,6H,1,4-5,7,18H2. The van der Waals surface area contributed by atoms with Crippen molar-refractivity contribution >= 4 is 0 Å². The summed E-state index contributed by atoms with van der Waals surface area (Å²) in [5.74, 6) is -0.769. The van der Waals surface area contributed by atoms with E-state index in [1.165, 1.54) is 12.1 Å². The van der Waals surface area contributed by atoms with E-state index in [-0.39, 0.29) is 11.2 Å². The summed E-state index contributed by atoms with van der Waals surface area (Å²) in [6.07, 6.45) is -6.68. The highest BCUT2D eigenvalue weighted by Gasteiger charge is 2.66. The lowest BCUT2D eigenvalue weighted by molar-refractivity contribution is -0.391. The molecule has 1 heterocycles.